The average molecular weight is 343 g/mol. The van der Waals surface area contributed by atoms with E-state index in [2.05, 4.69) is 26.2 Å². The van der Waals surface area contributed by atoms with E-state index < -0.39 is 0 Å². The molecule has 1 amide bonds. The lowest BCUT2D eigenvalue weighted by Crippen LogP contribution is -2.25. The maximum Gasteiger partial charge on any atom is 0.251 e. The van der Waals surface area contributed by atoms with Gasteiger partial charge in [-0.2, -0.15) is 0 Å². The molecule has 0 spiro atoms. The normalized spacial score (nSPS) is 18.1. The zero-order valence-electron chi connectivity index (χ0n) is 11.3. The lowest BCUT2D eigenvalue weighted by molar-refractivity contribution is 0.0166. The zero-order chi connectivity index (χ0) is 14.2. The number of hydrogen-bond donors (Lipinski definition) is 1. The van der Waals surface area contributed by atoms with Crippen LogP contribution in [0, 0.1) is 0 Å². The summed E-state index contributed by atoms with van der Waals surface area (Å²) in [6, 6.07) is 3.39. The second-order valence-electron chi connectivity index (χ2n) is 4.69. The summed E-state index contributed by atoms with van der Waals surface area (Å²) in [4.78, 5) is 15.8. The van der Waals surface area contributed by atoms with Crippen molar-refractivity contribution in [2.45, 2.75) is 25.4 Å². The predicted octanol–water partition coefficient (Wildman–Crippen LogP) is 2.16. The Morgan fingerprint density at radius 1 is 1.60 bits per heavy atom. The van der Waals surface area contributed by atoms with Crippen molar-refractivity contribution in [1.29, 1.82) is 0 Å². The van der Waals surface area contributed by atoms with E-state index in [0.29, 0.717) is 29.9 Å². The summed E-state index contributed by atoms with van der Waals surface area (Å²) in [6.45, 7) is 2.75. The minimum Gasteiger partial charge on any atom is -0.379 e. The molecule has 1 fully saturated rings. The highest BCUT2D eigenvalue weighted by Crippen LogP contribution is 2.11. The largest absolute Gasteiger partial charge is 0.379 e. The molecular weight excluding hydrogens is 324 g/mol. The maximum absolute atomic E-state index is 11.8. The van der Waals surface area contributed by atoms with Crippen LogP contribution in [-0.4, -0.2) is 43.4 Å². The van der Waals surface area contributed by atoms with Crippen molar-refractivity contribution < 1.29 is 14.3 Å². The third-order valence-electron chi connectivity index (χ3n) is 3.07. The van der Waals surface area contributed by atoms with Crippen molar-refractivity contribution in [3.05, 3.63) is 28.5 Å². The molecule has 1 unspecified atom stereocenters. The van der Waals surface area contributed by atoms with Crippen LogP contribution in [0.5, 0.6) is 0 Å². The summed E-state index contributed by atoms with van der Waals surface area (Å²) < 4.78 is 11.6. The quantitative estimate of drug-likeness (QED) is 0.609. The molecule has 1 N–H and O–H groups in total. The van der Waals surface area contributed by atoms with Crippen LogP contribution in [0.15, 0.2) is 22.9 Å². The topological polar surface area (TPSA) is 60.5 Å². The van der Waals surface area contributed by atoms with E-state index in [1.807, 2.05) is 0 Å². The van der Waals surface area contributed by atoms with E-state index in [0.717, 1.165) is 25.9 Å². The Morgan fingerprint density at radius 3 is 3.25 bits per heavy atom. The molecule has 1 aliphatic heterocycles. The summed E-state index contributed by atoms with van der Waals surface area (Å²) in [5, 5.41) is 2.86. The van der Waals surface area contributed by atoms with Crippen molar-refractivity contribution in [3.63, 3.8) is 0 Å². The van der Waals surface area contributed by atoms with Crippen molar-refractivity contribution >= 4 is 21.8 Å². The molecule has 1 aliphatic rings. The van der Waals surface area contributed by atoms with E-state index in [-0.39, 0.29) is 12.0 Å². The molecule has 5 nitrogen and oxygen atoms in total. The minimum absolute atomic E-state index is 0.0905. The zero-order valence-corrected chi connectivity index (χ0v) is 12.9. The third-order valence-corrected chi connectivity index (χ3v) is 3.50. The Balaban J connectivity index is 1.55. The average Bonchev–Trinajstić information content (AvgIpc) is 2.95. The molecule has 0 bridgehead atoms. The first kappa shape index (κ1) is 15.4. The molecule has 6 heteroatoms. The second kappa shape index (κ2) is 8.34. The Labute approximate surface area is 127 Å². The first-order chi connectivity index (χ1) is 9.75. The molecule has 0 saturated carbocycles. The Bertz CT molecular complexity index is 436. The lowest BCUT2D eigenvalue weighted by Gasteiger charge is -2.10. The first-order valence-electron chi connectivity index (χ1n) is 6.85. The summed E-state index contributed by atoms with van der Waals surface area (Å²) >= 11 is 3.24. The fourth-order valence-electron chi connectivity index (χ4n) is 2.01. The van der Waals surface area contributed by atoms with Gasteiger partial charge in [0.25, 0.3) is 5.91 Å². The van der Waals surface area contributed by atoms with Gasteiger partial charge in [-0.3, -0.25) is 4.79 Å². The number of nitrogens with zero attached hydrogens (tertiary/aromatic N) is 1. The highest BCUT2D eigenvalue weighted by atomic mass is 79.9. The van der Waals surface area contributed by atoms with E-state index in [9.17, 15) is 4.79 Å². The molecule has 0 radical (unpaired) electrons. The number of amides is 1. The van der Waals surface area contributed by atoms with E-state index in [4.69, 9.17) is 9.47 Å². The smallest absolute Gasteiger partial charge is 0.251 e. The Hall–Kier alpha value is -0.980. The van der Waals surface area contributed by atoms with Gasteiger partial charge in [-0.1, -0.05) is 0 Å². The van der Waals surface area contributed by atoms with E-state index in [1.165, 1.54) is 0 Å². The van der Waals surface area contributed by atoms with Gasteiger partial charge in [0.15, 0.2) is 0 Å². The van der Waals surface area contributed by atoms with E-state index >= 15 is 0 Å². The Morgan fingerprint density at radius 2 is 2.50 bits per heavy atom. The lowest BCUT2D eigenvalue weighted by atomic mass is 10.2. The molecule has 110 valence electrons. The van der Waals surface area contributed by atoms with Crippen LogP contribution in [-0.2, 0) is 9.47 Å². The molecule has 1 atom stereocenters. The van der Waals surface area contributed by atoms with Crippen molar-refractivity contribution in [2.24, 2.45) is 0 Å². The van der Waals surface area contributed by atoms with Gasteiger partial charge in [0.2, 0.25) is 0 Å². The monoisotopic (exact) mass is 342 g/mol. The number of rotatable bonds is 7. The predicted molar refractivity (Wildman–Crippen MR) is 78.7 cm³/mol. The molecular formula is C14H19BrN2O3. The molecule has 1 aromatic rings. The number of ether oxygens (including phenoxy) is 2. The molecule has 0 aromatic carbocycles. The summed E-state index contributed by atoms with van der Waals surface area (Å²) in [6.07, 6.45) is 4.88. The van der Waals surface area contributed by atoms with Crippen LogP contribution in [0.1, 0.15) is 29.6 Å². The van der Waals surface area contributed by atoms with Crippen LogP contribution in [0.2, 0.25) is 0 Å². The number of hydrogen-bond acceptors (Lipinski definition) is 4. The van der Waals surface area contributed by atoms with Gasteiger partial charge in [0.1, 0.15) is 4.60 Å². The SMILES string of the molecule is O=C(NCCCOCC1CCCO1)c1ccnc(Br)c1. The number of halogens is 1. The number of carbonyl (C=O) groups is 1. The Kier molecular flexibility index (Phi) is 6.42. The summed E-state index contributed by atoms with van der Waals surface area (Å²) in [5.41, 5.74) is 0.604. The second-order valence-corrected chi connectivity index (χ2v) is 5.50. The summed E-state index contributed by atoms with van der Waals surface area (Å²) in [7, 11) is 0. The van der Waals surface area contributed by atoms with Gasteiger partial charge in [-0.05, 0) is 47.3 Å². The van der Waals surface area contributed by atoms with Gasteiger partial charge in [-0.25, -0.2) is 4.98 Å². The van der Waals surface area contributed by atoms with Gasteiger partial charge < -0.3 is 14.8 Å². The molecule has 2 heterocycles. The van der Waals surface area contributed by atoms with Crippen LogP contribution < -0.4 is 5.32 Å². The van der Waals surface area contributed by atoms with Gasteiger partial charge >= 0.3 is 0 Å². The van der Waals surface area contributed by atoms with Gasteiger partial charge in [0, 0.05) is 31.5 Å². The van der Waals surface area contributed by atoms with Crippen molar-refractivity contribution in [1.82, 2.24) is 10.3 Å². The fraction of sp³-hybridized carbons (Fsp3) is 0.571. The van der Waals surface area contributed by atoms with Gasteiger partial charge in [-0.15, -0.1) is 0 Å². The fourth-order valence-corrected chi connectivity index (χ4v) is 2.38. The number of pyridine rings is 1. The first-order valence-corrected chi connectivity index (χ1v) is 7.64. The van der Waals surface area contributed by atoms with Gasteiger partial charge in [0.05, 0.1) is 12.7 Å². The third kappa shape index (κ3) is 5.19. The molecule has 0 aliphatic carbocycles. The highest BCUT2D eigenvalue weighted by Gasteiger charge is 2.14. The highest BCUT2D eigenvalue weighted by molar-refractivity contribution is 9.10. The number of carbonyl (C=O) groups excluding carboxylic acids is 1. The molecule has 1 saturated heterocycles. The number of aromatic nitrogens is 1. The van der Waals surface area contributed by atoms with Crippen LogP contribution in [0.25, 0.3) is 0 Å². The standard InChI is InChI=1S/C14H19BrN2O3/c15-13-9-11(4-6-16-13)14(18)17-5-2-7-19-10-12-3-1-8-20-12/h4,6,9,12H,1-3,5,7-8,10H2,(H,17,18). The van der Waals surface area contributed by atoms with E-state index in [1.54, 1.807) is 18.3 Å². The van der Waals surface area contributed by atoms with Crippen LogP contribution in [0.4, 0.5) is 0 Å². The molecule has 20 heavy (non-hydrogen) atoms. The molecule has 2 rings (SSSR count). The van der Waals surface area contributed by atoms with Crippen molar-refractivity contribution in [2.75, 3.05) is 26.4 Å². The van der Waals surface area contributed by atoms with Crippen LogP contribution >= 0.6 is 15.9 Å². The summed E-state index contributed by atoms with van der Waals surface area (Å²) in [5.74, 6) is -0.0905. The molecule has 1 aromatic heterocycles. The van der Waals surface area contributed by atoms with Crippen LogP contribution in [0.3, 0.4) is 0 Å². The number of nitrogens with one attached hydrogen (secondary N) is 1. The van der Waals surface area contributed by atoms with Crippen molar-refractivity contribution in [3.8, 4) is 0 Å². The minimum atomic E-state index is -0.0905. The maximum atomic E-state index is 11.8.